The Bertz CT molecular complexity index is 1320. The summed E-state index contributed by atoms with van der Waals surface area (Å²) in [4.78, 5) is 30.2. The molecule has 2 aromatic carbocycles. The van der Waals surface area contributed by atoms with Crippen molar-refractivity contribution in [3.63, 3.8) is 0 Å². The van der Waals surface area contributed by atoms with Gasteiger partial charge >= 0.3 is 0 Å². The summed E-state index contributed by atoms with van der Waals surface area (Å²) in [5, 5.41) is 2.91. The summed E-state index contributed by atoms with van der Waals surface area (Å²) in [6.45, 7) is 4.12. The molecular weight excluding hydrogens is 422 g/mol. The van der Waals surface area contributed by atoms with Crippen molar-refractivity contribution in [2.45, 2.75) is 25.3 Å². The third-order valence-corrected chi connectivity index (χ3v) is 5.87. The van der Waals surface area contributed by atoms with E-state index in [9.17, 15) is 9.59 Å². The average Bonchev–Trinajstić information content (AvgIpc) is 2.79. The number of aromatic nitrogens is 2. The zero-order valence-electron chi connectivity index (χ0n) is 17.9. The van der Waals surface area contributed by atoms with Crippen LogP contribution in [0.25, 0.3) is 5.65 Å². The Morgan fingerprint density at radius 3 is 2.69 bits per heavy atom. The lowest BCUT2D eigenvalue weighted by Crippen LogP contribution is -2.16. The maximum atomic E-state index is 12.4. The minimum Gasteiger partial charge on any atom is -0.487 e. The first-order chi connectivity index (χ1) is 15.5. The summed E-state index contributed by atoms with van der Waals surface area (Å²) in [6.07, 6.45) is 1.68. The number of ether oxygens (including phenoxy) is 1. The molecule has 0 radical (unpaired) electrons. The highest BCUT2D eigenvalue weighted by atomic mass is 32.2. The lowest BCUT2D eigenvalue weighted by atomic mass is 10.2. The van der Waals surface area contributed by atoms with Gasteiger partial charge in [-0.15, -0.1) is 11.8 Å². The van der Waals surface area contributed by atoms with E-state index in [1.165, 1.54) is 27.8 Å². The number of nitrogens with one attached hydrogen (secondary N) is 1. The van der Waals surface area contributed by atoms with Crippen LogP contribution in [0.4, 0.5) is 5.69 Å². The minimum atomic E-state index is -0.155. The molecule has 4 rings (SSSR count). The SMILES string of the molecule is Cc1ccc(SCC(=O)Nc2ccc(C)c(OCc3cc(=O)n4ccccc4n3)c2)cc1. The molecular formula is C25H23N3O3S. The first-order valence-electron chi connectivity index (χ1n) is 10.2. The maximum absolute atomic E-state index is 12.4. The number of benzene rings is 2. The highest BCUT2D eigenvalue weighted by Crippen LogP contribution is 2.24. The molecule has 162 valence electrons. The summed E-state index contributed by atoms with van der Waals surface area (Å²) in [6, 6.07) is 20.5. The summed E-state index contributed by atoms with van der Waals surface area (Å²) in [5.41, 5.74) is 3.74. The molecule has 0 saturated heterocycles. The van der Waals surface area contributed by atoms with Gasteiger partial charge in [0.1, 0.15) is 18.0 Å². The lowest BCUT2D eigenvalue weighted by Gasteiger charge is -2.12. The molecule has 6 nitrogen and oxygen atoms in total. The number of anilines is 1. The van der Waals surface area contributed by atoms with Gasteiger partial charge in [-0.1, -0.05) is 29.8 Å². The fraction of sp³-hybridized carbons (Fsp3) is 0.160. The molecule has 0 saturated carbocycles. The Morgan fingerprint density at radius 1 is 1.06 bits per heavy atom. The molecule has 4 aromatic rings. The number of hydrogen-bond acceptors (Lipinski definition) is 5. The molecule has 0 atom stereocenters. The number of carbonyl (C=O) groups is 1. The van der Waals surface area contributed by atoms with Crippen LogP contribution in [-0.2, 0) is 11.4 Å². The van der Waals surface area contributed by atoms with E-state index in [1.54, 1.807) is 24.4 Å². The van der Waals surface area contributed by atoms with E-state index in [0.29, 0.717) is 28.5 Å². The Balaban J connectivity index is 1.39. The van der Waals surface area contributed by atoms with Crippen molar-refractivity contribution in [3.8, 4) is 5.75 Å². The predicted octanol–water partition coefficient (Wildman–Crippen LogP) is 4.62. The van der Waals surface area contributed by atoms with Gasteiger partial charge < -0.3 is 10.1 Å². The highest BCUT2D eigenvalue weighted by molar-refractivity contribution is 8.00. The number of nitrogens with zero attached hydrogens (tertiary/aromatic N) is 2. The number of fused-ring (bicyclic) bond motifs is 1. The molecule has 0 bridgehead atoms. The quantitative estimate of drug-likeness (QED) is 0.420. The van der Waals surface area contributed by atoms with Crippen LogP contribution in [0.5, 0.6) is 5.75 Å². The van der Waals surface area contributed by atoms with Gasteiger partial charge in [-0.3, -0.25) is 14.0 Å². The van der Waals surface area contributed by atoms with Gasteiger partial charge in [-0.05, 0) is 49.7 Å². The Kier molecular flexibility index (Phi) is 6.56. The van der Waals surface area contributed by atoms with Gasteiger partial charge in [-0.2, -0.15) is 0 Å². The summed E-state index contributed by atoms with van der Waals surface area (Å²) in [7, 11) is 0. The predicted molar refractivity (Wildman–Crippen MR) is 128 cm³/mol. The second-order valence-corrected chi connectivity index (χ2v) is 8.48. The van der Waals surface area contributed by atoms with Crippen molar-refractivity contribution in [2.75, 3.05) is 11.1 Å². The molecule has 0 aliphatic rings. The molecule has 32 heavy (non-hydrogen) atoms. The third-order valence-electron chi connectivity index (χ3n) is 4.86. The van der Waals surface area contributed by atoms with E-state index in [4.69, 9.17) is 4.74 Å². The summed E-state index contributed by atoms with van der Waals surface area (Å²) >= 11 is 1.49. The van der Waals surface area contributed by atoms with Gasteiger partial charge in [0.25, 0.3) is 5.56 Å². The largest absolute Gasteiger partial charge is 0.487 e. The number of carbonyl (C=O) groups excluding carboxylic acids is 1. The van der Waals surface area contributed by atoms with Gasteiger partial charge in [0.05, 0.1) is 11.4 Å². The number of rotatable bonds is 7. The van der Waals surface area contributed by atoms with Crippen molar-refractivity contribution in [1.29, 1.82) is 0 Å². The van der Waals surface area contributed by atoms with E-state index in [2.05, 4.69) is 10.3 Å². The minimum absolute atomic E-state index is 0.0883. The van der Waals surface area contributed by atoms with Crippen molar-refractivity contribution in [2.24, 2.45) is 0 Å². The Morgan fingerprint density at radius 2 is 1.88 bits per heavy atom. The summed E-state index contributed by atoms with van der Waals surface area (Å²) < 4.78 is 7.41. The van der Waals surface area contributed by atoms with Crippen molar-refractivity contribution < 1.29 is 9.53 Å². The van der Waals surface area contributed by atoms with E-state index in [1.807, 2.05) is 56.3 Å². The van der Waals surface area contributed by atoms with Crippen molar-refractivity contribution in [3.05, 3.63) is 100 Å². The fourth-order valence-electron chi connectivity index (χ4n) is 3.14. The monoisotopic (exact) mass is 445 g/mol. The molecule has 1 amide bonds. The van der Waals surface area contributed by atoms with Crippen LogP contribution < -0.4 is 15.6 Å². The average molecular weight is 446 g/mol. The number of amides is 1. The standard InChI is InChI=1S/C25H23N3O3S/c1-17-6-10-21(11-7-17)32-16-24(29)27-19-9-8-18(2)22(13-19)31-15-20-14-25(30)28-12-4-3-5-23(28)26-20/h3-14H,15-16H2,1-2H3,(H,27,29). The zero-order chi connectivity index (χ0) is 22.5. The molecule has 0 aliphatic heterocycles. The van der Waals surface area contributed by atoms with Crippen LogP contribution >= 0.6 is 11.8 Å². The molecule has 0 fully saturated rings. The van der Waals surface area contributed by atoms with Gasteiger partial charge in [0.15, 0.2) is 0 Å². The van der Waals surface area contributed by atoms with E-state index in [-0.39, 0.29) is 18.1 Å². The van der Waals surface area contributed by atoms with Crippen LogP contribution in [0.1, 0.15) is 16.8 Å². The van der Waals surface area contributed by atoms with E-state index < -0.39 is 0 Å². The zero-order valence-corrected chi connectivity index (χ0v) is 18.7. The number of pyridine rings is 1. The van der Waals surface area contributed by atoms with Crippen molar-refractivity contribution in [1.82, 2.24) is 9.38 Å². The van der Waals surface area contributed by atoms with E-state index in [0.717, 1.165) is 10.5 Å². The first-order valence-corrected chi connectivity index (χ1v) is 11.2. The fourth-order valence-corrected chi connectivity index (χ4v) is 3.84. The molecule has 7 heteroatoms. The van der Waals surface area contributed by atoms with E-state index >= 15 is 0 Å². The second kappa shape index (κ2) is 9.70. The van der Waals surface area contributed by atoms with Crippen LogP contribution in [0.3, 0.4) is 0 Å². The second-order valence-electron chi connectivity index (χ2n) is 7.43. The smallest absolute Gasteiger partial charge is 0.258 e. The molecule has 0 unspecified atom stereocenters. The molecule has 2 heterocycles. The molecule has 2 aromatic heterocycles. The molecule has 0 aliphatic carbocycles. The number of thioether (sulfide) groups is 1. The Labute approximate surface area is 190 Å². The topological polar surface area (TPSA) is 72.7 Å². The van der Waals surface area contributed by atoms with Crippen LogP contribution in [0.2, 0.25) is 0 Å². The Hall–Kier alpha value is -3.58. The van der Waals surface area contributed by atoms with Crippen LogP contribution in [0.15, 0.2) is 82.6 Å². The van der Waals surface area contributed by atoms with Gasteiger partial charge in [-0.25, -0.2) is 4.98 Å². The van der Waals surface area contributed by atoms with Crippen LogP contribution in [0, 0.1) is 13.8 Å². The van der Waals surface area contributed by atoms with Gasteiger partial charge in [0.2, 0.25) is 5.91 Å². The lowest BCUT2D eigenvalue weighted by molar-refractivity contribution is -0.113. The van der Waals surface area contributed by atoms with Gasteiger partial charge in [0, 0.05) is 28.9 Å². The third kappa shape index (κ3) is 5.36. The first kappa shape index (κ1) is 21.6. The maximum Gasteiger partial charge on any atom is 0.258 e. The highest BCUT2D eigenvalue weighted by Gasteiger charge is 2.08. The summed E-state index contributed by atoms with van der Waals surface area (Å²) in [5.74, 6) is 0.858. The molecule has 0 spiro atoms. The van der Waals surface area contributed by atoms with Crippen molar-refractivity contribution >= 4 is 29.0 Å². The van der Waals surface area contributed by atoms with Crippen LogP contribution in [-0.4, -0.2) is 21.0 Å². The molecule has 1 N–H and O–H groups in total. The number of aryl methyl sites for hydroxylation is 2. The number of hydrogen-bond donors (Lipinski definition) is 1. The normalized spacial score (nSPS) is 10.8.